The van der Waals surface area contributed by atoms with Crippen LogP contribution in [0.15, 0.2) is 5.38 Å². The van der Waals surface area contributed by atoms with Gasteiger partial charge in [-0.05, 0) is 32.3 Å². The quantitative estimate of drug-likeness (QED) is 0.852. The van der Waals surface area contributed by atoms with Crippen molar-refractivity contribution in [3.05, 3.63) is 21.4 Å². The number of carbonyl (C=O) groups excluding carboxylic acids is 3. The minimum Gasteiger partial charge on any atom is -0.272 e. The van der Waals surface area contributed by atoms with Gasteiger partial charge in [-0.1, -0.05) is 12.8 Å². The van der Waals surface area contributed by atoms with Crippen molar-refractivity contribution < 1.29 is 14.4 Å². The summed E-state index contributed by atoms with van der Waals surface area (Å²) in [5, 5.41) is 2.72. The van der Waals surface area contributed by atoms with Gasteiger partial charge in [0.25, 0.3) is 17.7 Å². The van der Waals surface area contributed by atoms with Crippen LogP contribution >= 0.6 is 11.3 Å². The first-order valence-electron chi connectivity index (χ1n) is 7.24. The highest BCUT2D eigenvalue weighted by Gasteiger charge is 2.49. The second kappa shape index (κ2) is 5.26. The fraction of sp³-hybridized carbons (Fsp3) is 0.533. The van der Waals surface area contributed by atoms with Gasteiger partial charge in [0.2, 0.25) is 0 Å². The summed E-state index contributed by atoms with van der Waals surface area (Å²) >= 11 is 1.49. The van der Waals surface area contributed by atoms with E-state index in [1.165, 1.54) is 11.3 Å². The molecule has 1 aromatic rings. The second-order valence-corrected chi connectivity index (χ2v) is 6.86. The number of hydrazine groups is 1. The van der Waals surface area contributed by atoms with Crippen LogP contribution in [0, 0.1) is 25.7 Å². The number of amides is 3. The average molecular weight is 306 g/mol. The van der Waals surface area contributed by atoms with E-state index in [1.807, 2.05) is 13.8 Å². The lowest BCUT2D eigenvalue weighted by atomic mass is 9.81. The SMILES string of the molecule is Cc1scc(C(=O)NN2C(=O)[C@@H]3CCCC[C@H]3C2=O)c1C. The van der Waals surface area contributed by atoms with Crippen LogP contribution in [0.25, 0.3) is 0 Å². The standard InChI is InChI=1S/C15H18N2O3S/c1-8-9(2)21-7-12(8)13(18)16-17-14(19)10-5-3-4-6-11(10)15(17)20/h7,10-11H,3-6H2,1-2H3,(H,16,18)/t10-,11-/m1/s1. The molecule has 1 aliphatic carbocycles. The van der Waals surface area contributed by atoms with Gasteiger partial charge < -0.3 is 0 Å². The van der Waals surface area contributed by atoms with E-state index in [0.29, 0.717) is 5.56 Å². The third-order valence-electron chi connectivity index (χ3n) is 4.58. The molecule has 2 heterocycles. The smallest absolute Gasteiger partial charge is 0.271 e. The Balaban J connectivity index is 1.78. The van der Waals surface area contributed by atoms with Gasteiger partial charge >= 0.3 is 0 Å². The zero-order valence-electron chi connectivity index (χ0n) is 12.1. The van der Waals surface area contributed by atoms with Crippen LogP contribution in [0.3, 0.4) is 0 Å². The first kappa shape index (κ1) is 14.3. The van der Waals surface area contributed by atoms with Crippen molar-refractivity contribution in [2.45, 2.75) is 39.5 Å². The van der Waals surface area contributed by atoms with Crippen LogP contribution in [0.4, 0.5) is 0 Å². The van der Waals surface area contributed by atoms with Crippen molar-refractivity contribution in [2.24, 2.45) is 11.8 Å². The number of rotatable bonds is 2. The highest BCUT2D eigenvalue weighted by Crippen LogP contribution is 2.37. The summed E-state index contributed by atoms with van der Waals surface area (Å²) in [4.78, 5) is 37.9. The number of carbonyl (C=O) groups is 3. The van der Waals surface area contributed by atoms with Gasteiger partial charge in [-0.3, -0.25) is 19.8 Å². The maximum Gasteiger partial charge on any atom is 0.271 e. The summed E-state index contributed by atoms with van der Waals surface area (Å²) in [5.74, 6) is -1.35. The van der Waals surface area contributed by atoms with Crippen molar-refractivity contribution in [3.63, 3.8) is 0 Å². The van der Waals surface area contributed by atoms with E-state index in [4.69, 9.17) is 0 Å². The minimum absolute atomic E-state index is 0.239. The molecule has 1 N–H and O–H groups in total. The predicted octanol–water partition coefficient (Wildman–Crippen LogP) is 2.18. The van der Waals surface area contributed by atoms with Gasteiger partial charge in [-0.2, -0.15) is 5.01 Å². The molecule has 2 fully saturated rings. The van der Waals surface area contributed by atoms with Crippen LogP contribution in [-0.4, -0.2) is 22.7 Å². The number of hydrogen-bond acceptors (Lipinski definition) is 4. The van der Waals surface area contributed by atoms with E-state index in [0.717, 1.165) is 41.1 Å². The van der Waals surface area contributed by atoms with E-state index in [9.17, 15) is 14.4 Å². The number of thiophene rings is 1. The Bertz CT molecular complexity index is 598. The molecule has 1 saturated carbocycles. The summed E-state index contributed by atoms with van der Waals surface area (Å²) in [7, 11) is 0. The molecular formula is C15H18N2O3S. The Morgan fingerprint density at radius 1 is 1.19 bits per heavy atom. The van der Waals surface area contributed by atoms with Gasteiger partial charge in [0.1, 0.15) is 0 Å². The zero-order valence-corrected chi connectivity index (χ0v) is 13.0. The number of nitrogens with zero attached hydrogens (tertiary/aromatic N) is 1. The topological polar surface area (TPSA) is 66.5 Å². The van der Waals surface area contributed by atoms with E-state index in [-0.39, 0.29) is 29.6 Å². The van der Waals surface area contributed by atoms with Crippen molar-refractivity contribution in [3.8, 4) is 0 Å². The summed E-state index contributed by atoms with van der Waals surface area (Å²) in [6, 6.07) is 0. The first-order valence-corrected chi connectivity index (χ1v) is 8.12. The van der Waals surface area contributed by atoms with Crippen LogP contribution in [0.5, 0.6) is 0 Å². The monoisotopic (exact) mass is 306 g/mol. The van der Waals surface area contributed by atoms with Crippen LogP contribution < -0.4 is 5.43 Å². The summed E-state index contributed by atoms with van der Waals surface area (Å²) in [6.45, 7) is 3.81. The Morgan fingerprint density at radius 3 is 2.24 bits per heavy atom. The minimum atomic E-state index is -0.378. The van der Waals surface area contributed by atoms with Crippen LogP contribution in [-0.2, 0) is 9.59 Å². The molecule has 1 aliphatic heterocycles. The van der Waals surface area contributed by atoms with Crippen molar-refractivity contribution in [2.75, 3.05) is 0 Å². The number of nitrogens with one attached hydrogen (secondary N) is 1. The Hall–Kier alpha value is -1.69. The maximum atomic E-state index is 12.3. The zero-order chi connectivity index (χ0) is 15.1. The summed E-state index contributed by atoms with van der Waals surface area (Å²) < 4.78 is 0. The normalized spacial score (nSPS) is 25.1. The molecule has 2 aliphatic rings. The van der Waals surface area contributed by atoms with Gasteiger partial charge in [0, 0.05) is 10.3 Å². The molecule has 1 saturated heterocycles. The van der Waals surface area contributed by atoms with Crippen LogP contribution in [0.1, 0.15) is 46.5 Å². The Kier molecular flexibility index (Phi) is 3.57. The lowest BCUT2D eigenvalue weighted by Gasteiger charge is -2.19. The van der Waals surface area contributed by atoms with E-state index in [2.05, 4.69) is 5.43 Å². The molecule has 112 valence electrons. The number of aryl methyl sites for hydroxylation is 1. The molecule has 3 amide bonds. The molecule has 0 bridgehead atoms. The molecular weight excluding hydrogens is 288 g/mol. The van der Waals surface area contributed by atoms with E-state index in [1.54, 1.807) is 5.38 Å². The molecule has 0 radical (unpaired) electrons. The predicted molar refractivity (Wildman–Crippen MR) is 78.6 cm³/mol. The van der Waals surface area contributed by atoms with Crippen molar-refractivity contribution >= 4 is 29.1 Å². The fourth-order valence-electron chi connectivity index (χ4n) is 3.17. The molecule has 0 unspecified atom stereocenters. The van der Waals surface area contributed by atoms with Crippen LogP contribution in [0.2, 0.25) is 0 Å². The Labute approximate surface area is 127 Å². The molecule has 3 rings (SSSR count). The van der Waals surface area contributed by atoms with Gasteiger partial charge in [-0.15, -0.1) is 11.3 Å². The van der Waals surface area contributed by atoms with Gasteiger partial charge in [0.15, 0.2) is 0 Å². The van der Waals surface area contributed by atoms with Gasteiger partial charge in [-0.25, -0.2) is 0 Å². The summed E-state index contributed by atoms with van der Waals surface area (Å²) in [6.07, 6.45) is 3.45. The third kappa shape index (κ3) is 2.27. The molecule has 0 spiro atoms. The lowest BCUT2D eigenvalue weighted by molar-refractivity contribution is -0.142. The molecule has 21 heavy (non-hydrogen) atoms. The number of hydrogen-bond donors (Lipinski definition) is 1. The van der Waals surface area contributed by atoms with Crippen molar-refractivity contribution in [1.29, 1.82) is 0 Å². The highest BCUT2D eigenvalue weighted by atomic mass is 32.1. The number of fused-ring (bicyclic) bond motifs is 1. The highest BCUT2D eigenvalue weighted by molar-refractivity contribution is 7.10. The Morgan fingerprint density at radius 2 is 1.76 bits per heavy atom. The molecule has 5 nitrogen and oxygen atoms in total. The molecule has 2 atom stereocenters. The second-order valence-electron chi connectivity index (χ2n) is 5.78. The van der Waals surface area contributed by atoms with E-state index >= 15 is 0 Å². The lowest BCUT2D eigenvalue weighted by Crippen LogP contribution is -2.46. The molecule has 1 aromatic heterocycles. The van der Waals surface area contributed by atoms with Gasteiger partial charge in [0.05, 0.1) is 17.4 Å². The summed E-state index contributed by atoms with van der Waals surface area (Å²) in [5.41, 5.74) is 3.94. The van der Waals surface area contributed by atoms with Crippen molar-refractivity contribution in [1.82, 2.24) is 10.4 Å². The average Bonchev–Trinajstić information content (AvgIpc) is 2.93. The first-order chi connectivity index (χ1) is 10.0. The maximum absolute atomic E-state index is 12.3. The third-order valence-corrected chi connectivity index (χ3v) is 5.60. The molecule has 6 heteroatoms. The largest absolute Gasteiger partial charge is 0.272 e. The molecule has 0 aromatic carbocycles. The van der Waals surface area contributed by atoms with E-state index < -0.39 is 0 Å². The number of imide groups is 1. The fourth-order valence-corrected chi connectivity index (χ4v) is 4.04.